The Labute approximate surface area is 109 Å². The first-order valence-corrected chi connectivity index (χ1v) is 6.38. The van der Waals surface area contributed by atoms with Gasteiger partial charge in [0.25, 0.3) is 0 Å². The Morgan fingerprint density at radius 1 is 1.17 bits per heavy atom. The number of benzene rings is 1. The highest BCUT2D eigenvalue weighted by atomic mass is 15.3. The molecule has 3 nitrogen and oxygen atoms in total. The summed E-state index contributed by atoms with van der Waals surface area (Å²) in [7, 11) is 0. The summed E-state index contributed by atoms with van der Waals surface area (Å²) in [5.74, 6) is 0. The third-order valence-corrected chi connectivity index (χ3v) is 2.95. The van der Waals surface area contributed by atoms with Crippen molar-refractivity contribution >= 4 is 5.69 Å². The van der Waals surface area contributed by atoms with Crippen LogP contribution in [0.5, 0.6) is 0 Å². The van der Waals surface area contributed by atoms with E-state index in [-0.39, 0.29) is 5.41 Å². The average molecular weight is 243 g/mol. The molecule has 2 aromatic rings. The number of anilines is 1. The quantitative estimate of drug-likeness (QED) is 0.893. The molecule has 0 fully saturated rings. The number of hydrogen-bond acceptors (Lipinski definition) is 2. The first kappa shape index (κ1) is 12.7. The molecule has 0 aliphatic heterocycles. The molecule has 1 aromatic heterocycles. The fourth-order valence-corrected chi connectivity index (χ4v) is 2.03. The van der Waals surface area contributed by atoms with Crippen LogP contribution in [-0.4, -0.2) is 16.3 Å². The Hall–Kier alpha value is -1.77. The first-order chi connectivity index (χ1) is 8.57. The Morgan fingerprint density at radius 2 is 1.94 bits per heavy atom. The second kappa shape index (κ2) is 5.25. The SMILES string of the molecule is CC(C)(C)c1ccccc1NCCn1cccn1. The predicted octanol–water partition coefficient (Wildman–Crippen LogP) is 3.29. The van der Waals surface area contributed by atoms with Gasteiger partial charge in [-0.15, -0.1) is 0 Å². The smallest absolute Gasteiger partial charge is 0.0582 e. The first-order valence-electron chi connectivity index (χ1n) is 6.38. The molecule has 2 rings (SSSR count). The van der Waals surface area contributed by atoms with E-state index in [4.69, 9.17) is 0 Å². The summed E-state index contributed by atoms with van der Waals surface area (Å²) >= 11 is 0. The van der Waals surface area contributed by atoms with Crippen LogP contribution >= 0.6 is 0 Å². The lowest BCUT2D eigenvalue weighted by molar-refractivity contribution is 0.589. The van der Waals surface area contributed by atoms with Crippen molar-refractivity contribution in [2.45, 2.75) is 32.7 Å². The van der Waals surface area contributed by atoms with Crippen molar-refractivity contribution in [3.05, 3.63) is 48.3 Å². The van der Waals surface area contributed by atoms with Crippen molar-refractivity contribution < 1.29 is 0 Å². The van der Waals surface area contributed by atoms with Crippen LogP contribution in [0, 0.1) is 0 Å². The second-order valence-electron chi connectivity index (χ2n) is 5.49. The topological polar surface area (TPSA) is 29.9 Å². The molecule has 0 aliphatic rings. The predicted molar refractivity (Wildman–Crippen MR) is 75.9 cm³/mol. The van der Waals surface area contributed by atoms with Gasteiger partial charge in [0.1, 0.15) is 0 Å². The number of nitrogens with zero attached hydrogens (tertiary/aromatic N) is 2. The zero-order valence-corrected chi connectivity index (χ0v) is 11.4. The van der Waals surface area contributed by atoms with Gasteiger partial charge in [-0.25, -0.2) is 0 Å². The average Bonchev–Trinajstić information content (AvgIpc) is 2.81. The van der Waals surface area contributed by atoms with Gasteiger partial charge in [0, 0.05) is 24.6 Å². The minimum Gasteiger partial charge on any atom is -0.383 e. The lowest BCUT2D eigenvalue weighted by Gasteiger charge is -2.23. The van der Waals surface area contributed by atoms with Crippen LogP contribution in [0.2, 0.25) is 0 Å². The minimum absolute atomic E-state index is 0.162. The maximum absolute atomic E-state index is 4.20. The summed E-state index contributed by atoms with van der Waals surface area (Å²) in [5, 5.41) is 7.69. The van der Waals surface area contributed by atoms with E-state index in [1.54, 1.807) is 0 Å². The van der Waals surface area contributed by atoms with E-state index in [1.165, 1.54) is 11.3 Å². The van der Waals surface area contributed by atoms with Crippen LogP contribution < -0.4 is 5.32 Å². The van der Waals surface area contributed by atoms with Crippen molar-refractivity contribution in [1.82, 2.24) is 9.78 Å². The molecule has 0 amide bonds. The van der Waals surface area contributed by atoms with Gasteiger partial charge in [0.05, 0.1) is 6.54 Å². The molecule has 0 radical (unpaired) electrons. The number of para-hydroxylation sites is 1. The van der Waals surface area contributed by atoms with Crippen LogP contribution in [0.3, 0.4) is 0 Å². The highest BCUT2D eigenvalue weighted by molar-refractivity contribution is 5.54. The molecule has 3 heteroatoms. The van der Waals surface area contributed by atoms with Gasteiger partial charge >= 0.3 is 0 Å². The lowest BCUT2D eigenvalue weighted by atomic mass is 9.86. The third-order valence-electron chi connectivity index (χ3n) is 2.95. The molecule has 18 heavy (non-hydrogen) atoms. The van der Waals surface area contributed by atoms with E-state index in [1.807, 2.05) is 23.1 Å². The van der Waals surface area contributed by atoms with E-state index in [9.17, 15) is 0 Å². The number of aromatic nitrogens is 2. The number of nitrogens with one attached hydrogen (secondary N) is 1. The normalized spacial score (nSPS) is 11.5. The zero-order valence-electron chi connectivity index (χ0n) is 11.4. The largest absolute Gasteiger partial charge is 0.383 e. The van der Waals surface area contributed by atoms with Crippen LogP contribution in [0.4, 0.5) is 5.69 Å². The summed E-state index contributed by atoms with van der Waals surface area (Å²) in [5.41, 5.74) is 2.73. The Balaban J connectivity index is 2.01. The van der Waals surface area contributed by atoms with Gasteiger partial charge in [-0.1, -0.05) is 39.0 Å². The van der Waals surface area contributed by atoms with Gasteiger partial charge < -0.3 is 5.32 Å². The van der Waals surface area contributed by atoms with E-state index in [2.05, 4.69) is 55.5 Å². The third kappa shape index (κ3) is 3.13. The summed E-state index contributed by atoms with van der Waals surface area (Å²) < 4.78 is 1.94. The van der Waals surface area contributed by atoms with Gasteiger partial charge in [-0.05, 0) is 23.1 Å². The van der Waals surface area contributed by atoms with E-state index < -0.39 is 0 Å². The van der Waals surface area contributed by atoms with Crippen LogP contribution in [0.1, 0.15) is 26.3 Å². The Kier molecular flexibility index (Phi) is 3.70. The van der Waals surface area contributed by atoms with Crippen molar-refractivity contribution in [3.63, 3.8) is 0 Å². The highest BCUT2D eigenvalue weighted by Gasteiger charge is 2.16. The fourth-order valence-electron chi connectivity index (χ4n) is 2.03. The van der Waals surface area contributed by atoms with Crippen molar-refractivity contribution in [2.75, 3.05) is 11.9 Å². The van der Waals surface area contributed by atoms with E-state index >= 15 is 0 Å². The fraction of sp³-hybridized carbons (Fsp3) is 0.400. The summed E-state index contributed by atoms with van der Waals surface area (Å²) in [6, 6.07) is 10.5. The molecule has 0 atom stereocenters. The van der Waals surface area contributed by atoms with Crippen molar-refractivity contribution in [3.8, 4) is 0 Å². The van der Waals surface area contributed by atoms with Gasteiger partial charge in [-0.3, -0.25) is 4.68 Å². The molecule has 1 N–H and O–H groups in total. The molecule has 96 valence electrons. The van der Waals surface area contributed by atoms with Crippen molar-refractivity contribution in [2.24, 2.45) is 0 Å². The van der Waals surface area contributed by atoms with Crippen LogP contribution in [0.25, 0.3) is 0 Å². The number of rotatable bonds is 4. The molecule has 0 bridgehead atoms. The van der Waals surface area contributed by atoms with E-state index in [0.717, 1.165) is 13.1 Å². The van der Waals surface area contributed by atoms with E-state index in [0.29, 0.717) is 0 Å². The number of hydrogen-bond donors (Lipinski definition) is 1. The van der Waals surface area contributed by atoms with Gasteiger partial charge in [0.15, 0.2) is 0 Å². The molecule has 1 aromatic carbocycles. The van der Waals surface area contributed by atoms with Crippen molar-refractivity contribution in [1.29, 1.82) is 0 Å². The lowest BCUT2D eigenvalue weighted by Crippen LogP contribution is -2.17. The molecular formula is C15H21N3. The summed E-state index contributed by atoms with van der Waals surface area (Å²) in [6.45, 7) is 8.48. The second-order valence-corrected chi connectivity index (χ2v) is 5.49. The van der Waals surface area contributed by atoms with Crippen LogP contribution in [-0.2, 0) is 12.0 Å². The molecule has 0 saturated carbocycles. The van der Waals surface area contributed by atoms with Gasteiger partial charge in [0.2, 0.25) is 0 Å². The molecule has 1 heterocycles. The molecule has 0 saturated heterocycles. The minimum atomic E-state index is 0.162. The molecule has 0 spiro atoms. The van der Waals surface area contributed by atoms with Gasteiger partial charge in [-0.2, -0.15) is 5.10 Å². The molecule has 0 aliphatic carbocycles. The standard InChI is InChI=1S/C15H21N3/c1-15(2,3)13-7-4-5-8-14(13)16-10-12-18-11-6-9-17-18/h4-9,11,16H,10,12H2,1-3H3. The monoisotopic (exact) mass is 243 g/mol. The summed E-state index contributed by atoms with van der Waals surface area (Å²) in [4.78, 5) is 0. The van der Waals surface area contributed by atoms with Crippen LogP contribution in [0.15, 0.2) is 42.7 Å². The highest BCUT2D eigenvalue weighted by Crippen LogP contribution is 2.28. The maximum Gasteiger partial charge on any atom is 0.0582 e. The summed E-state index contributed by atoms with van der Waals surface area (Å²) in [6.07, 6.45) is 3.79. The Morgan fingerprint density at radius 3 is 2.61 bits per heavy atom. The maximum atomic E-state index is 4.20. The Bertz CT molecular complexity index is 481. The molecular weight excluding hydrogens is 222 g/mol. The molecule has 0 unspecified atom stereocenters. The zero-order chi connectivity index (χ0) is 13.0.